The fourth-order valence-electron chi connectivity index (χ4n) is 4.66. The first-order chi connectivity index (χ1) is 18.3. The number of fused-ring (bicyclic) bond motifs is 1. The second kappa shape index (κ2) is 11.3. The number of rotatable bonds is 6. The summed E-state index contributed by atoms with van der Waals surface area (Å²) >= 11 is 12.3. The van der Waals surface area contributed by atoms with Crippen molar-refractivity contribution in [3.05, 3.63) is 100 Å². The van der Waals surface area contributed by atoms with E-state index in [1.54, 1.807) is 48.7 Å². The van der Waals surface area contributed by atoms with E-state index in [9.17, 15) is 13.2 Å². The predicted molar refractivity (Wildman–Crippen MR) is 151 cm³/mol. The van der Waals surface area contributed by atoms with Gasteiger partial charge in [-0.2, -0.15) is 0 Å². The van der Waals surface area contributed by atoms with Crippen molar-refractivity contribution in [1.29, 1.82) is 0 Å². The minimum atomic E-state index is -3.87. The van der Waals surface area contributed by atoms with Crippen LogP contribution in [-0.2, 0) is 16.6 Å². The van der Waals surface area contributed by atoms with Crippen molar-refractivity contribution < 1.29 is 13.2 Å². The number of nitrogens with zero attached hydrogens (tertiary/aromatic N) is 3. The largest absolute Gasteiger partial charge is 0.337 e. The fourth-order valence-corrected chi connectivity index (χ4v) is 6.47. The Bertz CT molecular complexity index is 1550. The molecule has 0 aliphatic carbocycles. The number of sulfonamides is 1. The number of aromatic nitrogens is 1. The number of carbonyl (C=O) groups excluding carboxylic acids is 1. The third-order valence-corrected chi connectivity index (χ3v) is 8.32. The van der Waals surface area contributed by atoms with Gasteiger partial charge in [0, 0.05) is 65.6 Å². The van der Waals surface area contributed by atoms with Crippen LogP contribution in [0, 0.1) is 0 Å². The van der Waals surface area contributed by atoms with Crippen LogP contribution < -0.4 is 4.72 Å². The quantitative estimate of drug-likeness (QED) is 0.323. The van der Waals surface area contributed by atoms with Crippen LogP contribution in [0.15, 0.2) is 83.9 Å². The van der Waals surface area contributed by atoms with Crippen molar-refractivity contribution >= 4 is 55.7 Å². The van der Waals surface area contributed by atoms with Gasteiger partial charge in [0.25, 0.3) is 15.9 Å². The molecule has 7 nitrogen and oxygen atoms in total. The molecule has 1 N–H and O–H groups in total. The molecule has 1 fully saturated rings. The van der Waals surface area contributed by atoms with Crippen molar-refractivity contribution in [2.75, 3.05) is 30.9 Å². The maximum absolute atomic E-state index is 13.2. The Labute approximate surface area is 232 Å². The normalized spacial score (nSPS) is 14.8. The number of para-hydroxylation sites is 1. The topological polar surface area (TPSA) is 82.6 Å². The Morgan fingerprint density at radius 2 is 1.63 bits per heavy atom. The maximum Gasteiger partial charge on any atom is 0.264 e. The summed E-state index contributed by atoms with van der Waals surface area (Å²) in [5.41, 5.74) is 2.33. The number of halogens is 2. The van der Waals surface area contributed by atoms with E-state index in [0.29, 0.717) is 46.4 Å². The minimum absolute atomic E-state index is 0.0784. The molecule has 0 spiro atoms. The van der Waals surface area contributed by atoms with Crippen molar-refractivity contribution in [2.45, 2.75) is 17.9 Å². The summed E-state index contributed by atoms with van der Waals surface area (Å²) in [7, 11) is -3.87. The van der Waals surface area contributed by atoms with Crippen LogP contribution in [0.2, 0.25) is 10.0 Å². The first-order valence-corrected chi connectivity index (χ1v) is 14.5. The molecule has 1 saturated heterocycles. The summed E-state index contributed by atoms with van der Waals surface area (Å²) in [6.45, 7) is 3.54. The first-order valence-electron chi connectivity index (χ1n) is 12.2. The summed E-state index contributed by atoms with van der Waals surface area (Å²) in [6, 6.07) is 20.7. The van der Waals surface area contributed by atoms with Crippen molar-refractivity contribution in [2.24, 2.45) is 0 Å². The average Bonchev–Trinajstić information content (AvgIpc) is 3.13. The molecule has 0 atom stereocenters. The highest BCUT2D eigenvalue weighted by molar-refractivity contribution is 7.93. The molecule has 196 valence electrons. The zero-order valence-corrected chi connectivity index (χ0v) is 22.8. The number of pyridine rings is 1. The molecule has 1 aliphatic rings. The Morgan fingerprint density at radius 3 is 2.39 bits per heavy atom. The Hall–Kier alpha value is -3.17. The van der Waals surface area contributed by atoms with Crippen molar-refractivity contribution in [3.8, 4) is 0 Å². The van der Waals surface area contributed by atoms with Gasteiger partial charge in [-0.3, -0.25) is 19.4 Å². The van der Waals surface area contributed by atoms with Gasteiger partial charge in [0.1, 0.15) is 4.90 Å². The van der Waals surface area contributed by atoms with Crippen LogP contribution in [-0.4, -0.2) is 55.3 Å². The molecule has 4 aromatic rings. The van der Waals surface area contributed by atoms with Crippen LogP contribution >= 0.6 is 23.2 Å². The van der Waals surface area contributed by atoms with E-state index in [0.717, 1.165) is 30.5 Å². The molecule has 2 heterocycles. The lowest BCUT2D eigenvalue weighted by atomic mass is 10.2. The van der Waals surface area contributed by atoms with Crippen LogP contribution in [0.5, 0.6) is 0 Å². The molecule has 1 aliphatic heterocycles. The highest BCUT2D eigenvalue weighted by atomic mass is 35.5. The highest BCUT2D eigenvalue weighted by Gasteiger charge is 2.22. The fraction of sp³-hybridized carbons (Fsp3) is 0.214. The van der Waals surface area contributed by atoms with Gasteiger partial charge in [-0.15, -0.1) is 0 Å². The minimum Gasteiger partial charge on any atom is -0.337 e. The molecule has 38 heavy (non-hydrogen) atoms. The average molecular weight is 570 g/mol. The Kier molecular flexibility index (Phi) is 7.85. The monoisotopic (exact) mass is 568 g/mol. The number of carbonyl (C=O) groups is 1. The third kappa shape index (κ3) is 6.10. The van der Waals surface area contributed by atoms with E-state index in [4.69, 9.17) is 23.2 Å². The van der Waals surface area contributed by atoms with Crippen molar-refractivity contribution in [3.63, 3.8) is 0 Å². The summed E-state index contributed by atoms with van der Waals surface area (Å²) < 4.78 is 28.7. The molecule has 0 saturated carbocycles. The van der Waals surface area contributed by atoms with E-state index in [1.807, 2.05) is 29.2 Å². The van der Waals surface area contributed by atoms with Gasteiger partial charge in [0.2, 0.25) is 0 Å². The van der Waals surface area contributed by atoms with E-state index in [1.165, 1.54) is 6.07 Å². The molecular weight excluding hydrogens is 543 g/mol. The van der Waals surface area contributed by atoms with Gasteiger partial charge < -0.3 is 4.90 Å². The molecule has 0 radical (unpaired) electrons. The molecular formula is C28H26Cl2N4O3S. The molecule has 1 amide bonds. The summed E-state index contributed by atoms with van der Waals surface area (Å²) in [5, 5.41) is 1.96. The Balaban J connectivity index is 1.23. The Morgan fingerprint density at radius 1 is 0.895 bits per heavy atom. The van der Waals surface area contributed by atoms with Crippen LogP contribution in [0.1, 0.15) is 22.3 Å². The van der Waals surface area contributed by atoms with Gasteiger partial charge in [0.15, 0.2) is 0 Å². The number of hydrogen-bond donors (Lipinski definition) is 1. The second-order valence-electron chi connectivity index (χ2n) is 9.21. The van der Waals surface area contributed by atoms with Gasteiger partial charge in [-0.1, -0.05) is 41.4 Å². The lowest BCUT2D eigenvalue weighted by Crippen LogP contribution is -2.35. The van der Waals surface area contributed by atoms with Gasteiger partial charge >= 0.3 is 0 Å². The maximum atomic E-state index is 13.2. The number of anilines is 1. The van der Waals surface area contributed by atoms with Crippen LogP contribution in [0.4, 0.5) is 5.69 Å². The zero-order chi connectivity index (χ0) is 26.7. The van der Waals surface area contributed by atoms with Crippen LogP contribution in [0.25, 0.3) is 10.9 Å². The number of amides is 1. The number of nitrogens with one attached hydrogen (secondary N) is 1. The van der Waals surface area contributed by atoms with Gasteiger partial charge in [-0.25, -0.2) is 8.42 Å². The predicted octanol–water partition coefficient (Wildman–Crippen LogP) is 5.69. The SMILES string of the molecule is O=C(c1ccc(NS(=O)(=O)c2cccc3cccnc23)cc1)N1CCCN(Cc2cc(Cl)cc(Cl)c2)CC1. The summed E-state index contributed by atoms with van der Waals surface area (Å²) in [6.07, 6.45) is 2.41. The molecule has 3 aromatic carbocycles. The van der Waals surface area contributed by atoms with Gasteiger partial charge in [-0.05, 0) is 66.6 Å². The molecule has 10 heteroatoms. The highest BCUT2D eigenvalue weighted by Crippen LogP contribution is 2.24. The molecule has 0 bridgehead atoms. The first kappa shape index (κ1) is 26.4. The summed E-state index contributed by atoms with van der Waals surface area (Å²) in [5.74, 6) is -0.0784. The van der Waals surface area contributed by atoms with E-state index in [2.05, 4.69) is 14.6 Å². The zero-order valence-electron chi connectivity index (χ0n) is 20.5. The number of benzene rings is 3. The lowest BCUT2D eigenvalue weighted by Gasteiger charge is -2.22. The lowest BCUT2D eigenvalue weighted by molar-refractivity contribution is 0.0761. The second-order valence-corrected chi connectivity index (χ2v) is 11.7. The van der Waals surface area contributed by atoms with Crippen molar-refractivity contribution in [1.82, 2.24) is 14.8 Å². The number of hydrogen-bond acceptors (Lipinski definition) is 5. The molecule has 1 aromatic heterocycles. The third-order valence-electron chi connectivity index (χ3n) is 6.47. The smallest absolute Gasteiger partial charge is 0.264 e. The summed E-state index contributed by atoms with van der Waals surface area (Å²) in [4.78, 5) is 21.7. The van der Waals surface area contributed by atoms with Gasteiger partial charge in [0.05, 0.1) is 5.52 Å². The van der Waals surface area contributed by atoms with E-state index in [-0.39, 0.29) is 10.8 Å². The standard InChI is InChI=1S/C28H26Cl2N4O3S/c29-23-16-20(17-24(30)18-23)19-33-12-3-13-34(15-14-33)28(35)22-7-9-25(10-8-22)32-38(36,37)26-6-1-4-21-5-2-11-31-27(21)26/h1-2,4-11,16-18,32H,3,12-15,19H2. The van der Waals surface area contributed by atoms with E-state index < -0.39 is 10.0 Å². The van der Waals surface area contributed by atoms with E-state index >= 15 is 0 Å². The molecule has 5 rings (SSSR count). The van der Waals surface area contributed by atoms with Crippen LogP contribution in [0.3, 0.4) is 0 Å². The molecule has 0 unspecified atom stereocenters.